The molecule has 0 aliphatic heterocycles. The third-order valence-corrected chi connectivity index (χ3v) is 3.73. The normalized spacial score (nSPS) is 10.5. The number of hydrogen-bond acceptors (Lipinski definition) is 5. The smallest absolute Gasteiger partial charge is 0.229 e. The van der Waals surface area contributed by atoms with Crippen molar-refractivity contribution in [1.29, 1.82) is 10.8 Å². The standard InChI is InChI=1S/C17H17N5O/c1-21(12-7-4-3-5-8-12)16-13-9-6-10-14(23-2)15(13)22(11-18)17(19)20-16/h3-11,18-19H,1-2H3. The summed E-state index contributed by atoms with van der Waals surface area (Å²) >= 11 is 0. The fraction of sp³-hybridized carbons (Fsp3) is 0.118. The molecule has 23 heavy (non-hydrogen) atoms. The molecular formula is C17H17N5O. The van der Waals surface area contributed by atoms with Crippen LogP contribution in [0.4, 0.5) is 11.5 Å². The quantitative estimate of drug-likeness (QED) is 0.574. The maximum absolute atomic E-state index is 8.14. The topological polar surface area (TPSA) is 78.0 Å². The summed E-state index contributed by atoms with van der Waals surface area (Å²) in [5, 5.41) is 16.5. The van der Waals surface area contributed by atoms with Gasteiger partial charge in [-0.15, -0.1) is 0 Å². The van der Waals surface area contributed by atoms with E-state index in [0.29, 0.717) is 17.1 Å². The van der Waals surface area contributed by atoms with Gasteiger partial charge in [0.2, 0.25) is 5.62 Å². The minimum Gasteiger partial charge on any atom is -0.495 e. The monoisotopic (exact) mass is 307 g/mol. The van der Waals surface area contributed by atoms with Crippen molar-refractivity contribution in [3.8, 4) is 5.75 Å². The highest BCUT2D eigenvalue weighted by atomic mass is 16.5. The van der Waals surface area contributed by atoms with Gasteiger partial charge in [0.25, 0.3) is 0 Å². The Balaban J connectivity index is 2.35. The van der Waals surface area contributed by atoms with Crippen LogP contribution in [-0.2, 0) is 0 Å². The van der Waals surface area contributed by atoms with Crippen molar-refractivity contribution >= 4 is 28.7 Å². The molecule has 0 fully saturated rings. The molecule has 3 rings (SSSR count). The molecule has 0 atom stereocenters. The van der Waals surface area contributed by atoms with Crippen molar-refractivity contribution in [1.82, 2.24) is 9.55 Å². The van der Waals surface area contributed by atoms with E-state index in [9.17, 15) is 0 Å². The molecule has 1 heterocycles. The van der Waals surface area contributed by atoms with Gasteiger partial charge in [-0.25, -0.2) is 0 Å². The molecule has 2 N–H and O–H groups in total. The molecule has 0 spiro atoms. The highest BCUT2D eigenvalue weighted by Crippen LogP contribution is 2.32. The van der Waals surface area contributed by atoms with Crippen molar-refractivity contribution in [3.05, 3.63) is 54.1 Å². The predicted octanol–water partition coefficient (Wildman–Crippen LogP) is 2.75. The van der Waals surface area contributed by atoms with Gasteiger partial charge in [0.1, 0.15) is 17.1 Å². The number of nitrogens with one attached hydrogen (secondary N) is 2. The zero-order valence-electron chi connectivity index (χ0n) is 12.9. The number of fused-ring (bicyclic) bond motifs is 1. The second-order valence-electron chi connectivity index (χ2n) is 5.01. The summed E-state index contributed by atoms with van der Waals surface area (Å²) in [6.07, 6.45) is 1.08. The van der Waals surface area contributed by atoms with E-state index in [-0.39, 0.29) is 5.62 Å². The molecule has 3 aromatic rings. The Kier molecular flexibility index (Phi) is 3.80. The van der Waals surface area contributed by atoms with Crippen LogP contribution in [0.25, 0.3) is 10.9 Å². The average molecular weight is 307 g/mol. The van der Waals surface area contributed by atoms with Gasteiger partial charge in [0.05, 0.1) is 13.4 Å². The first-order valence-corrected chi connectivity index (χ1v) is 7.10. The van der Waals surface area contributed by atoms with Crippen LogP contribution in [-0.4, -0.2) is 30.0 Å². The van der Waals surface area contributed by atoms with Crippen molar-refractivity contribution < 1.29 is 4.74 Å². The van der Waals surface area contributed by atoms with E-state index in [2.05, 4.69) is 4.98 Å². The fourth-order valence-electron chi connectivity index (χ4n) is 2.59. The van der Waals surface area contributed by atoms with Gasteiger partial charge in [-0.3, -0.25) is 15.4 Å². The summed E-state index contributed by atoms with van der Waals surface area (Å²) in [7, 11) is 3.48. The van der Waals surface area contributed by atoms with Gasteiger partial charge in [-0.05, 0) is 24.3 Å². The van der Waals surface area contributed by atoms with E-state index in [1.807, 2.05) is 60.5 Å². The summed E-state index contributed by atoms with van der Waals surface area (Å²) in [5.74, 6) is 1.25. The lowest BCUT2D eigenvalue weighted by Gasteiger charge is -2.21. The molecule has 0 saturated heterocycles. The Morgan fingerprint density at radius 2 is 1.87 bits per heavy atom. The summed E-state index contributed by atoms with van der Waals surface area (Å²) in [6.45, 7) is 0. The van der Waals surface area contributed by atoms with Crippen LogP contribution in [0.1, 0.15) is 0 Å². The number of methoxy groups -OCH3 is 1. The van der Waals surface area contributed by atoms with Crippen LogP contribution in [0.2, 0.25) is 0 Å². The van der Waals surface area contributed by atoms with E-state index in [1.54, 1.807) is 7.11 Å². The molecule has 0 aliphatic rings. The molecule has 0 radical (unpaired) electrons. The highest BCUT2D eigenvalue weighted by molar-refractivity contribution is 5.97. The number of rotatable bonds is 4. The van der Waals surface area contributed by atoms with E-state index < -0.39 is 0 Å². The fourth-order valence-corrected chi connectivity index (χ4v) is 2.59. The van der Waals surface area contributed by atoms with Gasteiger partial charge in [-0.2, -0.15) is 4.98 Å². The lowest BCUT2D eigenvalue weighted by molar-refractivity contribution is 0.418. The first-order valence-electron chi connectivity index (χ1n) is 7.10. The molecule has 116 valence electrons. The summed E-state index contributed by atoms with van der Waals surface area (Å²) in [6, 6.07) is 15.4. The second kappa shape index (κ2) is 5.92. The summed E-state index contributed by atoms with van der Waals surface area (Å²) < 4.78 is 6.81. The number of para-hydroxylation sites is 2. The van der Waals surface area contributed by atoms with Crippen molar-refractivity contribution in [2.75, 3.05) is 19.1 Å². The van der Waals surface area contributed by atoms with Crippen LogP contribution in [0.5, 0.6) is 5.75 Å². The minimum absolute atomic E-state index is 0.0187. The third kappa shape index (κ3) is 2.44. The average Bonchev–Trinajstić information content (AvgIpc) is 2.60. The Hall–Kier alpha value is -3.15. The number of anilines is 2. The predicted molar refractivity (Wildman–Crippen MR) is 90.8 cm³/mol. The zero-order valence-corrected chi connectivity index (χ0v) is 12.9. The molecule has 6 heteroatoms. The number of benzene rings is 2. The molecule has 0 aliphatic carbocycles. The van der Waals surface area contributed by atoms with Crippen molar-refractivity contribution in [2.45, 2.75) is 0 Å². The molecule has 6 nitrogen and oxygen atoms in total. The third-order valence-electron chi connectivity index (χ3n) is 3.73. The maximum Gasteiger partial charge on any atom is 0.229 e. The molecule has 2 aromatic carbocycles. The van der Waals surface area contributed by atoms with Gasteiger partial charge < -0.3 is 9.64 Å². The van der Waals surface area contributed by atoms with Gasteiger partial charge in [0, 0.05) is 18.1 Å². The Bertz CT molecular complexity index is 917. The number of ether oxygens (including phenoxy) is 1. The number of aromatic nitrogens is 2. The molecule has 0 saturated carbocycles. The lowest BCUT2D eigenvalue weighted by atomic mass is 10.2. The maximum atomic E-state index is 8.14. The van der Waals surface area contributed by atoms with Crippen molar-refractivity contribution in [3.63, 3.8) is 0 Å². The molecule has 0 bridgehead atoms. The van der Waals surface area contributed by atoms with Crippen LogP contribution in [0.15, 0.2) is 48.5 Å². The van der Waals surface area contributed by atoms with Crippen LogP contribution >= 0.6 is 0 Å². The van der Waals surface area contributed by atoms with Gasteiger partial charge in [0.15, 0.2) is 0 Å². The Morgan fingerprint density at radius 1 is 1.13 bits per heavy atom. The molecular weight excluding hydrogens is 290 g/mol. The number of hydrogen-bond donors (Lipinski definition) is 2. The molecule has 0 unspecified atom stereocenters. The zero-order chi connectivity index (χ0) is 16.4. The van der Waals surface area contributed by atoms with Gasteiger partial charge >= 0.3 is 0 Å². The number of nitrogens with zero attached hydrogens (tertiary/aromatic N) is 3. The largest absolute Gasteiger partial charge is 0.495 e. The Labute approximate surface area is 133 Å². The van der Waals surface area contributed by atoms with E-state index in [1.165, 1.54) is 4.57 Å². The summed E-state index contributed by atoms with van der Waals surface area (Å²) in [4.78, 5) is 6.30. The van der Waals surface area contributed by atoms with Gasteiger partial charge in [-0.1, -0.05) is 24.3 Å². The van der Waals surface area contributed by atoms with E-state index >= 15 is 0 Å². The first kappa shape index (κ1) is 14.8. The molecule has 1 aromatic heterocycles. The van der Waals surface area contributed by atoms with Crippen LogP contribution in [0, 0.1) is 10.8 Å². The lowest BCUT2D eigenvalue weighted by Crippen LogP contribution is -2.26. The van der Waals surface area contributed by atoms with E-state index in [4.69, 9.17) is 15.6 Å². The van der Waals surface area contributed by atoms with Crippen molar-refractivity contribution in [2.24, 2.45) is 0 Å². The highest BCUT2D eigenvalue weighted by Gasteiger charge is 2.15. The second-order valence-corrected chi connectivity index (χ2v) is 5.01. The first-order chi connectivity index (χ1) is 11.2. The van der Waals surface area contributed by atoms with Crippen LogP contribution < -0.4 is 15.3 Å². The van der Waals surface area contributed by atoms with Crippen LogP contribution in [0.3, 0.4) is 0 Å². The minimum atomic E-state index is -0.0187. The molecule has 0 amide bonds. The SMILES string of the molecule is COc1cccc2c(N(C)c3ccccc3)nc(=N)n(C=N)c12. The van der Waals surface area contributed by atoms with E-state index in [0.717, 1.165) is 17.4 Å². The summed E-state index contributed by atoms with van der Waals surface area (Å²) in [5.41, 5.74) is 1.61. The Morgan fingerprint density at radius 3 is 2.52 bits per heavy atom.